The Morgan fingerprint density at radius 3 is 1.91 bits per heavy atom. The first-order valence-corrected chi connectivity index (χ1v) is 11.6. The van der Waals surface area contributed by atoms with Gasteiger partial charge in [0.15, 0.2) is 0 Å². The van der Waals surface area contributed by atoms with E-state index >= 15 is 0 Å². The van der Waals surface area contributed by atoms with Crippen LogP contribution in [0.3, 0.4) is 0 Å². The summed E-state index contributed by atoms with van der Waals surface area (Å²) in [6, 6.07) is 42.9. The van der Waals surface area contributed by atoms with Crippen LogP contribution < -0.4 is 5.32 Å². The van der Waals surface area contributed by atoms with Crippen molar-refractivity contribution in [3.05, 3.63) is 121 Å². The number of hydrogen-bond acceptors (Lipinski definition) is 2. The van der Waals surface area contributed by atoms with Crippen LogP contribution in [0.25, 0.3) is 42.4 Å². The second-order valence-electron chi connectivity index (χ2n) is 7.87. The van der Waals surface area contributed by atoms with Crippen LogP contribution in [-0.4, -0.2) is 0 Å². The molecule has 5 aromatic carbocycles. The summed E-state index contributed by atoms with van der Waals surface area (Å²) < 4.78 is 2.63. The van der Waals surface area contributed by atoms with E-state index < -0.39 is 0 Å². The molecule has 0 aliphatic carbocycles. The van der Waals surface area contributed by atoms with Crippen molar-refractivity contribution in [3.63, 3.8) is 0 Å². The molecule has 0 aliphatic rings. The molecule has 0 fully saturated rings. The molecule has 152 valence electrons. The first-order chi connectivity index (χ1) is 15.9. The monoisotopic (exact) mass is 427 g/mol. The molecule has 0 bridgehead atoms. The standard InChI is InChI=1S/C30H21NS/c1-4-11-21(12-5-1)24-17-10-18-27-29(24)25-19-20-26(31-23-15-8-3-9-16-23)28(30(25)32-27)22-13-6-2-7-14-22/h1-20,31H. The summed E-state index contributed by atoms with van der Waals surface area (Å²) in [5.74, 6) is 0. The number of nitrogens with one attached hydrogen (secondary N) is 1. The molecule has 0 aliphatic heterocycles. The van der Waals surface area contributed by atoms with E-state index in [1.807, 2.05) is 17.4 Å². The van der Waals surface area contributed by atoms with Crippen molar-refractivity contribution >= 4 is 42.9 Å². The lowest BCUT2D eigenvalue weighted by atomic mass is 9.96. The maximum Gasteiger partial charge on any atom is 0.0478 e. The Morgan fingerprint density at radius 2 is 1.19 bits per heavy atom. The van der Waals surface area contributed by atoms with Crippen molar-refractivity contribution in [2.24, 2.45) is 0 Å². The molecule has 0 radical (unpaired) electrons. The van der Waals surface area contributed by atoms with Gasteiger partial charge in [0, 0.05) is 37.1 Å². The smallest absolute Gasteiger partial charge is 0.0478 e. The van der Waals surface area contributed by atoms with Crippen LogP contribution in [0.5, 0.6) is 0 Å². The van der Waals surface area contributed by atoms with E-state index in [2.05, 4.69) is 121 Å². The zero-order chi connectivity index (χ0) is 21.3. The van der Waals surface area contributed by atoms with Crippen molar-refractivity contribution in [3.8, 4) is 22.3 Å². The predicted octanol–water partition coefficient (Wildman–Crippen LogP) is 9.13. The van der Waals surface area contributed by atoms with Crippen LogP contribution in [0.4, 0.5) is 11.4 Å². The zero-order valence-electron chi connectivity index (χ0n) is 17.5. The van der Waals surface area contributed by atoms with E-state index in [4.69, 9.17) is 0 Å². The molecule has 32 heavy (non-hydrogen) atoms. The van der Waals surface area contributed by atoms with Crippen molar-refractivity contribution in [2.75, 3.05) is 5.32 Å². The molecule has 1 heterocycles. The van der Waals surface area contributed by atoms with E-state index in [0.29, 0.717) is 0 Å². The van der Waals surface area contributed by atoms with Gasteiger partial charge in [0.05, 0.1) is 0 Å². The van der Waals surface area contributed by atoms with Gasteiger partial charge in [-0.2, -0.15) is 0 Å². The Labute approximate surface area is 191 Å². The van der Waals surface area contributed by atoms with Crippen LogP contribution in [0, 0.1) is 0 Å². The molecule has 0 unspecified atom stereocenters. The van der Waals surface area contributed by atoms with Crippen LogP contribution in [-0.2, 0) is 0 Å². The molecular weight excluding hydrogens is 406 g/mol. The lowest BCUT2D eigenvalue weighted by Gasteiger charge is -2.14. The minimum absolute atomic E-state index is 1.09. The fraction of sp³-hybridized carbons (Fsp3) is 0. The van der Waals surface area contributed by atoms with Gasteiger partial charge in [-0.3, -0.25) is 0 Å². The average molecular weight is 428 g/mol. The first-order valence-electron chi connectivity index (χ1n) is 10.8. The average Bonchev–Trinajstić information content (AvgIpc) is 3.24. The Balaban J connectivity index is 1.65. The van der Waals surface area contributed by atoms with Gasteiger partial charge in [0.2, 0.25) is 0 Å². The van der Waals surface area contributed by atoms with E-state index in [0.717, 1.165) is 11.4 Å². The molecule has 1 N–H and O–H groups in total. The Morgan fingerprint density at radius 1 is 0.531 bits per heavy atom. The summed E-state index contributed by atoms with van der Waals surface area (Å²) in [5, 5.41) is 6.30. The summed E-state index contributed by atoms with van der Waals surface area (Å²) in [5.41, 5.74) is 7.25. The summed E-state index contributed by atoms with van der Waals surface area (Å²) >= 11 is 1.88. The highest BCUT2D eigenvalue weighted by atomic mass is 32.1. The maximum absolute atomic E-state index is 3.66. The number of thiophene rings is 1. The van der Waals surface area contributed by atoms with Gasteiger partial charge >= 0.3 is 0 Å². The van der Waals surface area contributed by atoms with Crippen LogP contribution >= 0.6 is 11.3 Å². The van der Waals surface area contributed by atoms with Gasteiger partial charge in [-0.1, -0.05) is 97.1 Å². The molecular formula is C30H21NS. The molecule has 1 nitrogen and oxygen atoms in total. The fourth-order valence-corrected chi connectivity index (χ4v) is 5.72. The number of fused-ring (bicyclic) bond motifs is 3. The minimum Gasteiger partial charge on any atom is -0.355 e. The maximum atomic E-state index is 3.66. The van der Waals surface area contributed by atoms with Crippen molar-refractivity contribution < 1.29 is 0 Å². The van der Waals surface area contributed by atoms with Crippen molar-refractivity contribution in [2.45, 2.75) is 0 Å². The van der Waals surface area contributed by atoms with Crippen LogP contribution in [0.15, 0.2) is 121 Å². The highest BCUT2D eigenvalue weighted by Crippen LogP contribution is 2.46. The van der Waals surface area contributed by atoms with Crippen molar-refractivity contribution in [1.29, 1.82) is 0 Å². The quantitative estimate of drug-likeness (QED) is 0.296. The topological polar surface area (TPSA) is 12.0 Å². The second-order valence-corrected chi connectivity index (χ2v) is 8.92. The first kappa shape index (κ1) is 18.9. The normalized spacial score (nSPS) is 11.1. The number of rotatable bonds is 4. The minimum atomic E-state index is 1.09. The molecule has 0 amide bonds. The molecule has 0 saturated carbocycles. The Hall–Kier alpha value is -3.88. The fourth-order valence-electron chi connectivity index (χ4n) is 4.42. The summed E-state index contributed by atoms with van der Waals surface area (Å²) in [7, 11) is 0. The molecule has 6 aromatic rings. The Bertz CT molecular complexity index is 1520. The third-order valence-electron chi connectivity index (χ3n) is 5.87. The largest absolute Gasteiger partial charge is 0.355 e. The van der Waals surface area contributed by atoms with Gasteiger partial charge < -0.3 is 5.32 Å². The number of benzene rings is 5. The van der Waals surface area contributed by atoms with E-state index in [-0.39, 0.29) is 0 Å². The van der Waals surface area contributed by atoms with Gasteiger partial charge in [-0.15, -0.1) is 11.3 Å². The van der Waals surface area contributed by atoms with E-state index in [9.17, 15) is 0 Å². The highest BCUT2D eigenvalue weighted by Gasteiger charge is 2.17. The van der Waals surface area contributed by atoms with Gasteiger partial charge in [-0.25, -0.2) is 0 Å². The van der Waals surface area contributed by atoms with Gasteiger partial charge in [0.25, 0.3) is 0 Å². The Kier molecular flexibility index (Phi) is 4.71. The summed E-state index contributed by atoms with van der Waals surface area (Å²) in [6.45, 7) is 0. The lowest BCUT2D eigenvalue weighted by Crippen LogP contribution is -1.93. The van der Waals surface area contributed by atoms with Crippen molar-refractivity contribution in [1.82, 2.24) is 0 Å². The lowest BCUT2D eigenvalue weighted by molar-refractivity contribution is 1.56. The third-order valence-corrected chi connectivity index (χ3v) is 7.05. The number of anilines is 2. The molecule has 0 saturated heterocycles. The van der Waals surface area contributed by atoms with E-state index in [1.165, 1.54) is 42.4 Å². The number of hydrogen-bond donors (Lipinski definition) is 1. The van der Waals surface area contributed by atoms with E-state index in [1.54, 1.807) is 0 Å². The molecule has 0 atom stereocenters. The van der Waals surface area contributed by atoms with Gasteiger partial charge in [-0.05, 0) is 41.0 Å². The number of para-hydroxylation sites is 1. The van der Waals surface area contributed by atoms with Crippen LogP contribution in [0.2, 0.25) is 0 Å². The second kappa shape index (κ2) is 7.99. The van der Waals surface area contributed by atoms with Gasteiger partial charge in [0.1, 0.15) is 0 Å². The molecule has 6 rings (SSSR count). The predicted molar refractivity (Wildman–Crippen MR) is 140 cm³/mol. The summed E-state index contributed by atoms with van der Waals surface area (Å²) in [4.78, 5) is 0. The SMILES string of the molecule is c1ccc(Nc2ccc3c(sc4cccc(-c5ccccc5)c43)c2-c2ccccc2)cc1. The zero-order valence-corrected chi connectivity index (χ0v) is 18.3. The molecule has 1 aromatic heterocycles. The summed E-state index contributed by atoms with van der Waals surface area (Å²) in [6.07, 6.45) is 0. The molecule has 0 spiro atoms. The van der Waals surface area contributed by atoms with Crippen LogP contribution in [0.1, 0.15) is 0 Å². The highest BCUT2D eigenvalue weighted by molar-refractivity contribution is 7.26. The third kappa shape index (κ3) is 3.26. The molecule has 2 heteroatoms.